The third kappa shape index (κ3) is 3.23. The van der Waals surface area contributed by atoms with Crippen molar-refractivity contribution in [3.63, 3.8) is 0 Å². The van der Waals surface area contributed by atoms with Gasteiger partial charge in [0.1, 0.15) is 5.71 Å². The Balaban J connectivity index is 1.70. The lowest BCUT2D eigenvalue weighted by Gasteiger charge is -2.29. The minimum Gasteiger partial charge on any atom is -0.299 e. The predicted molar refractivity (Wildman–Crippen MR) is 122 cm³/mol. The van der Waals surface area contributed by atoms with Crippen molar-refractivity contribution >= 4 is 34.6 Å². The first-order valence-electron chi connectivity index (χ1n) is 10.0. The summed E-state index contributed by atoms with van der Waals surface area (Å²) >= 11 is 6.12. The Bertz CT molecular complexity index is 1120. The average Bonchev–Trinajstić information content (AvgIpc) is 2.93. The zero-order valence-electron chi connectivity index (χ0n) is 16.3. The molecule has 30 heavy (non-hydrogen) atoms. The predicted octanol–water partition coefficient (Wildman–Crippen LogP) is 4.99. The van der Waals surface area contributed by atoms with Crippen LogP contribution in [0.4, 0.5) is 5.69 Å². The van der Waals surface area contributed by atoms with Gasteiger partial charge in [0, 0.05) is 10.7 Å². The van der Waals surface area contributed by atoms with E-state index < -0.39 is 0 Å². The molecular weight excluding hydrogens is 394 g/mol. The second-order valence-electron chi connectivity index (χ2n) is 7.38. The van der Waals surface area contributed by atoms with E-state index in [0.717, 1.165) is 22.5 Å². The largest absolute Gasteiger partial charge is 0.299 e. The van der Waals surface area contributed by atoms with Crippen LogP contribution in [0.15, 0.2) is 94.9 Å². The SMILES string of the molecule is O=C1C2=NCCN=C(c3ccc(Cl)cc3)[C@@H]2[C@@H](c2ccccc2)N1c1ccccc1. The molecule has 3 aromatic rings. The lowest BCUT2D eigenvalue weighted by atomic mass is 9.85. The van der Waals surface area contributed by atoms with Gasteiger partial charge in [-0.1, -0.05) is 72.3 Å². The van der Waals surface area contributed by atoms with Gasteiger partial charge in [-0.3, -0.25) is 19.7 Å². The molecule has 0 bridgehead atoms. The highest BCUT2D eigenvalue weighted by Gasteiger charge is 2.49. The lowest BCUT2D eigenvalue weighted by molar-refractivity contribution is -0.112. The van der Waals surface area contributed by atoms with Crippen molar-refractivity contribution in [1.29, 1.82) is 0 Å². The number of halogens is 1. The Morgan fingerprint density at radius 3 is 2.03 bits per heavy atom. The Kier molecular flexibility index (Phi) is 4.93. The van der Waals surface area contributed by atoms with Crippen molar-refractivity contribution in [2.75, 3.05) is 18.0 Å². The second-order valence-corrected chi connectivity index (χ2v) is 7.82. The summed E-state index contributed by atoms with van der Waals surface area (Å²) in [7, 11) is 0. The highest BCUT2D eigenvalue weighted by molar-refractivity contribution is 6.51. The maximum atomic E-state index is 13.6. The Hall–Kier alpha value is -3.24. The molecule has 0 N–H and O–H groups in total. The van der Waals surface area contributed by atoms with Crippen LogP contribution in [0, 0.1) is 5.92 Å². The first kappa shape index (κ1) is 18.8. The molecular formula is C25H20ClN3O. The maximum Gasteiger partial charge on any atom is 0.273 e. The van der Waals surface area contributed by atoms with Crippen molar-refractivity contribution in [3.8, 4) is 0 Å². The molecule has 3 aromatic carbocycles. The van der Waals surface area contributed by atoms with E-state index >= 15 is 0 Å². The number of benzene rings is 3. The summed E-state index contributed by atoms with van der Waals surface area (Å²) in [6, 6.07) is 27.4. The van der Waals surface area contributed by atoms with Gasteiger partial charge in [-0.15, -0.1) is 0 Å². The van der Waals surface area contributed by atoms with E-state index in [1.54, 1.807) is 0 Å². The van der Waals surface area contributed by atoms with Gasteiger partial charge < -0.3 is 0 Å². The standard InChI is InChI=1S/C25H20ClN3O/c26-19-13-11-17(12-14-19)22-21-23(28-16-15-27-22)25(30)29(20-9-5-2-6-10-20)24(21)18-7-3-1-4-8-18/h1-14,21,24H,15-16H2/t21-,24+/m0/s1. The van der Waals surface area contributed by atoms with Crippen molar-refractivity contribution in [3.05, 3.63) is 101 Å². The van der Waals surface area contributed by atoms with E-state index in [1.165, 1.54) is 0 Å². The zero-order chi connectivity index (χ0) is 20.5. The minimum absolute atomic E-state index is 0.0522. The molecule has 2 aliphatic heterocycles. The van der Waals surface area contributed by atoms with Crippen LogP contribution in [0.25, 0.3) is 0 Å². The van der Waals surface area contributed by atoms with Gasteiger partial charge >= 0.3 is 0 Å². The molecule has 4 nitrogen and oxygen atoms in total. The fourth-order valence-corrected chi connectivity index (χ4v) is 4.44. The number of amides is 1. The van der Waals surface area contributed by atoms with Crippen molar-refractivity contribution in [2.45, 2.75) is 6.04 Å². The number of aliphatic imine (C=N–C) groups is 2. The normalized spacial score (nSPS) is 21.0. The monoisotopic (exact) mass is 413 g/mol. The number of hydrogen-bond donors (Lipinski definition) is 0. The minimum atomic E-state index is -0.246. The van der Waals surface area contributed by atoms with Gasteiger partial charge in [0.25, 0.3) is 5.91 Å². The number of rotatable bonds is 3. The quantitative estimate of drug-likeness (QED) is 0.596. The number of hydrogen-bond acceptors (Lipinski definition) is 3. The molecule has 1 fully saturated rings. The molecule has 2 aliphatic rings. The average molecular weight is 414 g/mol. The Labute approximate surface area is 180 Å². The van der Waals surface area contributed by atoms with Gasteiger partial charge in [-0.25, -0.2) is 0 Å². The lowest BCUT2D eigenvalue weighted by Crippen LogP contribution is -2.31. The van der Waals surface area contributed by atoms with Crippen LogP contribution >= 0.6 is 11.6 Å². The van der Waals surface area contributed by atoms with E-state index in [-0.39, 0.29) is 17.9 Å². The molecule has 0 saturated carbocycles. The van der Waals surface area contributed by atoms with E-state index in [2.05, 4.69) is 12.1 Å². The van der Waals surface area contributed by atoms with Crippen molar-refractivity contribution in [1.82, 2.24) is 0 Å². The third-order valence-electron chi connectivity index (χ3n) is 5.60. The van der Waals surface area contributed by atoms with E-state index in [0.29, 0.717) is 23.8 Å². The number of para-hydroxylation sites is 1. The van der Waals surface area contributed by atoms with Crippen LogP contribution in [-0.4, -0.2) is 30.4 Å². The summed E-state index contributed by atoms with van der Waals surface area (Å²) in [5, 5.41) is 0.676. The maximum absolute atomic E-state index is 13.6. The number of carbonyl (C=O) groups is 1. The summed E-state index contributed by atoms with van der Waals surface area (Å²) in [4.78, 5) is 25.1. The molecule has 0 aromatic heterocycles. The van der Waals surface area contributed by atoms with Gasteiger partial charge in [0.05, 0.1) is 30.8 Å². The van der Waals surface area contributed by atoms with Crippen LogP contribution in [0.5, 0.6) is 0 Å². The molecule has 148 valence electrons. The smallest absolute Gasteiger partial charge is 0.273 e. The summed E-state index contributed by atoms with van der Waals surface area (Å²) < 4.78 is 0. The van der Waals surface area contributed by atoms with Gasteiger partial charge in [-0.05, 0) is 35.4 Å². The molecule has 5 heteroatoms. The van der Waals surface area contributed by atoms with Crippen LogP contribution in [0.1, 0.15) is 17.2 Å². The van der Waals surface area contributed by atoms with Gasteiger partial charge in [0.2, 0.25) is 0 Å². The summed E-state index contributed by atoms with van der Waals surface area (Å²) in [5.74, 6) is -0.299. The van der Waals surface area contributed by atoms with Gasteiger partial charge in [0.15, 0.2) is 0 Å². The molecule has 1 saturated heterocycles. The highest BCUT2D eigenvalue weighted by atomic mass is 35.5. The molecule has 2 atom stereocenters. The van der Waals surface area contributed by atoms with E-state index in [4.69, 9.17) is 21.6 Å². The molecule has 2 heterocycles. The third-order valence-corrected chi connectivity index (χ3v) is 5.85. The number of anilines is 1. The molecule has 0 unspecified atom stereocenters. The fourth-order valence-electron chi connectivity index (χ4n) is 4.32. The van der Waals surface area contributed by atoms with Crippen LogP contribution in [0.3, 0.4) is 0 Å². The fraction of sp³-hybridized carbons (Fsp3) is 0.160. The van der Waals surface area contributed by atoms with Crippen LogP contribution in [-0.2, 0) is 4.79 Å². The zero-order valence-corrected chi connectivity index (χ0v) is 17.0. The van der Waals surface area contributed by atoms with Gasteiger partial charge in [-0.2, -0.15) is 0 Å². The molecule has 5 rings (SSSR count). The Morgan fingerprint density at radius 1 is 0.767 bits per heavy atom. The Morgan fingerprint density at radius 2 is 1.37 bits per heavy atom. The van der Waals surface area contributed by atoms with Crippen LogP contribution < -0.4 is 4.90 Å². The first-order chi connectivity index (χ1) is 14.7. The molecule has 1 amide bonds. The molecule has 0 spiro atoms. The number of nitrogens with zero attached hydrogens (tertiary/aromatic N) is 3. The summed E-state index contributed by atoms with van der Waals surface area (Å²) in [6.07, 6.45) is 0. The topological polar surface area (TPSA) is 45.0 Å². The van der Waals surface area contributed by atoms with E-state index in [1.807, 2.05) is 77.7 Å². The van der Waals surface area contributed by atoms with Crippen molar-refractivity contribution < 1.29 is 4.79 Å². The summed E-state index contributed by atoms with van der Waals surface area (Å²) in [5.41, 5.74) is 4.38. The van der Waals surface area contributed by atoms with Crippen molar-refractivity contribution in [2.24, 2.45) is 15.9 Å². The van der Waals surface area contributed by atoms with Crippen LogP contribution in [0.2, 0.25) is 5.02 Å². The number of fused-ring (bicyclic) bond motifs is 1. The first-order valence-corrected chi connectivity index (χ1v) is 10.4. The van der Waals surface area contributed by atoms with E-state index in [9.17, 15) is 4.79 Å². The number of carbonyl (C=O) groups excluding carboxylic acids is 1. The summed E-state index contributed by atoms with van der Waals surface area (Å²) in [6.45, 7) is 1.08. The molecule has 0 aliphatic carbocycles. The molecule has 0 radical (unpaired) electrons. The second kappa shape index (κ2) is 7.88. The highest BCUT2D eigenvalue weighted by Crippen LogP contribution is 2.42.